The smallest absolute Gasteiger partial charge is 0.306 e. The summed E-state index contributed by atoms with van der Waals surface area (Å²) in [7, 11) is 0. The lowest BCUT2D eigenvalue weighted by atomic mass is 9.87. The maximum Gasteiger partial charge on any atom is 0.306 e. The lowest BCUT2D eigenvalue weighted by Crippen LogP contribution is -2.25. The largest absolute Gasteiger partial charge is 0.481 e. The second-order valence-corrected chi connectivity index (χ2v) is 5.71. The Kier molecular flexibility index (Phi) is 6.95. The SMILES string of the molecule is O=C(O)[C@@H]1CCC[C@H](O)C1.O=C(O)[C@H]1CCC[C@@H](O)C1. The molecule has 2 saturated carbocycles. The summed E-state index contributed by atoms with van der Waals surface area (Å²) in [5.41, 5.74) is 0. The van der Waals surface area contributed by atoms with Crippen LogP contribution in [-0.4, -0.2) is 44.6 Å². The molecule has 20 heavy (non-hydrogen) atoms. The highest BCUT2D eigenvalue weighted by Crippen LogP contribution is 2.24. The molecular weight excluding hydrogens is 264 g/mol. The van der Waals surface area contributed by atoms with Gasteiger partial charge in [-0.05, 0) is 38.5 Å². The van der Waals surface area contributed by atoms with Crippen molar-refractivity contribution >= 4 is 11.9 Å². The van der Waals surface area contributed by atoms with E-state index < -0.39 is 11.9 Å². The van der Waals surface area contributed by atoms with E-state index in [9.17, 15) is 9.59 Å². The first-order valence-corrected chi connectivity index (χ1v) is 7.22. The molecule has 0 heterocycles. The van der Waals surface area contributed by atoms with E-state index in [0.29, 0.717) is 12.8 Å². The topological polar surface area (TPSA) is 115 Å². The van der Waals surface area contributed by atoms with Crippen LogP contribution >= 0.6 is 0 Å². The quantitative estimate of drug-likeness (QED) is 0.608. The summed E-state index contributed by atoms with van der Waals surface area (Å²) in [5.74, 6) is -2.13. The number of hydrogen-bond acceptors (Lipinski definition) is 4. The van der Waals surface area contributed by atoms with Crippen molar-refractivity contribution in [1.29, 1.82) is 0 Å². The fourth-order valence-corrected chi connectivity index (χ4v) is 2.78. The summed E-state index contributed by atoms with van der Waals surface area (Å²) >= 11 is 0. The molecule has 0 aromatic carbocycles. The van der Waals surface area contributed by atoms with Gasteiger partial charge in [0.15, 0.2) is 0 Å². The highest BCUT2D eigenvalue weighted by atomic mass is 16.4. The van der Waals surface area contributed by atoms with Crippen molar-refractivity contribution in [1.82, 2.24) is 0 Å². The van der Waals surface area contributed by atoms with E-state index in [1.54, 1.807) is 0 Å². The van der Waals surface area contributed by atoms with E-state index in [1.807, 2.05) is 0 Å². The summed E-state index contributed by atoms with van der Waals surface area (Å²) in [4.78, 5) is 20.8. The predicted octanol–water partition coefficient (Wildman–Crippen LogP) is 1.24. The van der Waals surface area contributed by atoms with Crippen LogP contribution < -0.4 is 0 Å². The molecule has 6 heteroatoms. The minimum atomic E-state index is -0.765. The van der Waals surface area contributed by atoms with Crippen LogP contribution in [-0.2, 0) is 9.59 Å². The van der Waals surface area contributed by atoms with Crippen molar-refractivity contribution in [3.05, 3.63) is 0 Å². The Bertz CT molecular complexity index is 298. The van der Waals surface area contributed by atoms with Gasteiger partial charge in [-0.3, -0.25) is 9.59 Å². The maximum atomic E-state index is 10.4. The molecule has 4 N–H and O–H groups in total. The highest BCUT2D eigenvalue weighted by Gasteiger charge is 2.25. The van der Waals surface area contributed by atoms with Gasteiger partial charge >= 0.3 is 11.9 Å². The third-order valence-corrected chi connectivity index (χ3v) is 3.99. The summed E-state index contributed by atoms with van der Waals surface area (Å²) in [5, 5.41) is 35.2. The normalized spacial score (nSPS) is 33.7. The highest BCUT2D eigenvalue weighted by molar-refractivity contribution is 5.70. The van der Waals surface area contributed by atoms with Gasteiger partial charge in [0.25, 0.3) is 0 Å². The molecule has 2 rings (SSSR count). The van der Waals surface area contributed by atoms with Crippen LogP contribution in [0.1, 0.15) is 51.4 Å². The Morgan fingerprint density at radius 2 is 1.05 bits per heavy atom. The number of aliphatic hydroxyl groups excluding tert-OH is 2. The first kappa shape index (κ1) is 16.9. The van der Waals surface area contributed by atoms with Gasteiger partial charge in [-0.15, -0.1) is 0 Å². The monoisotopic (exact) mass is 288 g/mol. The predicted molar refractivity (Wildman–Crippen MR) is 71.2 cm³/mol. The molecule has 0 radical (unpaired) electrons. The van der Waals surface area contributed by atoms with Crippen LogP contribution in [0.25, 0.3) is 0 Å². The molecule has 116 valence electrons. The fourth-order valence-electron chi connectivity index (χ4n) is 2.78. The summed E-state index contributed by atoms with van der Waals surface area (Å²) in [6, 6.07) is 0. The second-order valence-electron chi connectivity index (χ2n) is 5.71. The summed E-state index contributed by atoms with van der Waals surface area (Å²) < 4.78 is 0. The number of carbonyl (C=O) groups is 2. The van der Waals surface area contributed by atoms with Gasteiger partial charge in [-0.1, -0.05) is 12.8 Å². The molecule has 0 unspecified atom stereocenters. The zero-order chi connectivity index (χ0) is 15.1. The third kappa shape index (κ3) is 5.88. The molecule has 0 spiro atoms. The van der Waals surface area contributed by atoms with Gasteiger partial charge in [0.05, 0.1) is 24.0 Å². The lowest BCUT2D eigenvalue weighted by Gasteiger charge is -2.21. The number of carboxylic acid groups (broad SMARTS) is 2. The molecule has 4 atom stereocenters. The molecule has 2 aliphatic rings. The zero-order valence-electron chi connectivity index (χ0n) is 11.6. The number of hydrogen-bond donors (Lipinski definition) is 4. The average molecular weight is 288 g/mol. The molecule has 0 amide bonds. The first-order chi connectivity index (χ1) is 9.40. The summed E-state index contributed by atoms with van der Waals surface area (Å²) in [6.07, 6.45) is 4.80. The Morgan fingerprint density at radius 3 is 1.25 bits per heavy atom. The van der Waals surface area contributed by atoms with Crippen molar-refractivity contribution < 1.29 is 30.0 Å². The minimum Gasteiger partial charge on any atom is -0.481 e. The van der Waals surface area contributed by atoms with E-state index in [1.165, 1.54) is 0 Å². The van der Waals surface area contributed by atoms with Crippen LogP contribution in [0.5, 0.6) is 0 Å². The molecule has 0 aromatic rings. The van der Waals surface area contributed by atoms with Gasteiger partial charge in [0, 0.05) is 0 Å². The average Bonchev–Trinajstić information content (AvgIpc) is 2.39. The molecule has 2 fully saturated rings. The zero-order valence-corrected chi connectivity index (χ0v) is 11.6. The fraction of sp³-hybridized carbons (Fsp3) is 0.857. The van der Waals surface area contributed by atoms with Gasteiger partial charge in [0.2, 0.25) is 0 Å². The van der Waals surface area contributed by atoms with Gasteiger partial charge in [-0.2, -0.15) is 0 Å². The minimum absolute atomic E-state index is 0.302. The van der Waals surface area contributed by atoms with Gasteiger partial charge < -0.3 is 20.4 Å². The lowest BCUT2D eigenvalue weighted by molar-refractivity contribution is -0.145. The van der Waals surface area contributed by atoms with E-state index in [2.05, 4.69) is 0 Å². The van der Waals surface area contributed by atoms with Crippen LogP contribution in [0, 0.1) is 11.8 Å². The molecule has 6 nitrogen and oxygen atoms in total. The Hall–Kier alpha value is -1.14. The van der Waals surface area contributed by atoms with Crippen LogP contribution in [0.15, 0.2) is 0 Å². The second kappa shape index (κ2) is 8.21. The third-order valence-electron chi connectivity index (χ3n) is 3.99. The molecule has 0 bridgehead atoms. The molecule has 0 aromatic heterocycles. The van der Waals surface area contributed by atoms with E-state index in [4.69, 9.17) is 20.4 Å². The van der Waals surface area contributed by atoms with Crippen LogP contribution in [0.4, 0.5) is 0 Å². The molecule has 0 aliphatic heterocycles. The van der Waals surface area contributed by atoms with Crippen molar-refractivity contribution in [2.75, 3.05) is 0 Å². The number of aliphatic carboxylic acids is 2. The van der Waals surface area contributed by atoms with Crippen molar-refractivity contribution in [2.45, 2.75) is 63.6 Å². The van der Waals surface area contributed by atoms with Crippen LogP contribution in [0.2, 0.25) is 0 Å². The molecule has 0 saturated heterocycles. The van der Waals surface area contributed by atoms with Crippen molar-refractivity contribution in [3.63, 3.8) is 0 Å². The van der Waals surface area contributed by atoms with E-state index >= 15 is 0 Å². The molecular formula is C14H24O6. The number of carboxylic acids is 2. The Morgan fingerprint density at radius 1 is 0.700 bits per heavy atom. The van der Waals surface area contributed by atoms with Crippen LogP contribution in [0.3, 0.4) is 0 Å². The Balaban J connectivity index is 0.000000200. The number of aliphatic hydroxyl groups is 2. The molecule has 2 aliphatic carbocycles. The Labute approximate surface area is 118 Å². The van der Waals surface area contributed by atoms with Crippen molar-refractivity contribution in [2.24, 2.45) is 11.8 Å². The maximum absolute atomic E-state index is 10.4. The van der Waals surface area contributed by atoms with Gasteiger partial charge in [0.1, 0.15) is 0 Å². The number of rotatable bonds is 2. The first-order valence-electron chi connectivity index (χ1n) is 7.22. The van der Waals surface area contributed by atoms with E-state index in [0.717, 1.165) is 38.5 Å². The van der Waals surface area contributed by atoms with Gasteiger partial charge in [-0.25, -0.2) is 0 Å². The van der Waals surface area contributed by atoms with E-state index in [-0.39, 0.29) is 24.0 Å². The summed E-state index contributed by atoms with van der Waals surface area (Å²) in [6.45, 7) is 0. The standard InChI is InChI=1S/2C7H12O3/c2*8-6-3-1-2-5(4-6)7(9)10/h2*5-6,8H,1-4H2,(H,9,10)/t2*5-,6+/m10/s1. The van der Waals surface area contributed by atoms with Crippen molar-refractivity contribution in [3.8, 4) is 0 Å².